The molecule has 26 heavy (non-hydrogen) atoms. The maximum Gasteiger partial charge on any atom is 0.418 e. The fraction of sp³-hybridized carbons (Fsp3) is 0.158. The number of nitrogens with zero attached hydrogens (tertiary/aromatic N) is 2. The van der Waals surface area contributed by atoms with Gasteiger partial charge in [-0.3, -0.25) is 0 Å². The van der Waals surface area contributed by atoms with Crippen molar-refractivity contribution in [3.8, 4) is 17.0 Å². The van der Waals surface area contributed by atoms with Crippen molar-refractivity contribution < 1.29 is 17.9 Å². The van der Waals surface area contributed by atoms with Gasteiger partial charge >= 0.3 is 6.18 Å². The van der Waals surface area contributed by atoms with Crippen molar-refractivity contribution in [2.24, 2.45) is 0 Å². The summed E-state index contributed by atoms with van der Waals surface area (Å²) in [5, 5.41) is 2.76. The van der Waals surface area contributed by atoms with Gasteiger partial charge in [0.25, 0.3) is 0 Å². The van der Waals surface area contributed by atoms with E-state index in [4.69, 9.17) is 4.74 Å². The number of alkyl halides is 3. The molecular weight excluding hydrogens is 343 g/mol. The summed E-state index contributed by atoms with van der Waals surface area (Å²) >= 11 is 0. The van der Waals surface area contributed by atoms with E-state index < -0.39 is 11.7 Å². The molecule has 2 aromatic carbocycles. The molecule has 1 heterocycles. The average molecular weight is 359 g/mol. The van der Waals surface area contributed by atoms with Crippen LogP contribution in [0.5, 0.6) is 5.75 Å². The van der Waals surface area contributed by atoms with Crippen LogP contribution in [0.1, 0.15) is 11.4 Å². The molecule has 3 aromatic rings. The summed E-state index contributed by atoms with van der Waals surface area (Å²) in [6, 6.07) is 14.1. The van der Waals surface area contributed by atoms with E-state index in [2.05, 4.69) is 15.3 Å². The lowest BCUT2D eigenvalue weighted by atomic mass is 10.1. The van der Waals surface area contributed by atoms with Crippen molar-refractivity contribution in [1.82, 2.24) is 9.97 Å². The van der Waals surface area contributed by atoms with E-state index in [9.17, 15) is 13.2 Å². The van der Waals surface area contributed by atoms with Crippen LogP contribution in [0.3, 0.4) is 0 Å². The smallest absolute Gasteiger partial charge is 0.418 e. The van der Waals surface area contributed by atoms with Crippen LogP contribution in [0.2, 0.25) is 0 Å². The molecule has 3 rings (SSSR count). The second-order valence-electron chi connectivity index (χ2n) is 5.58. The van der Waals surface area contributed by atoms with Crippen molar-refractivity contribution in [2.45, 2.75) is 13.1 Å². The van der Waals surface area contributed by atoms with Crippen molar-refractivity contribution in [3.63, 3.8) is 0 Å². The SMILES string of the molecule is COc1ccc(-c2cc(Nc3ccccc3C(F)(F)F)nc(C)n2)cc1. The van der Waals surface area contributed by atoms with Gasteiger partial charge in [-0.25, -0.2) is 9.97 Å². The highest BCUT2D eigenvalue weighted by Crippen LogP contribution is 2.36. The zero-order chi connectivity index (χ0) is 18.7. The summed E-state index contributed by atoms with van der Waals surface area (Å²) in [7, 11) is 1.57. The zero-order valence-electron chi connectivity index (χ0n) is 14.1. The first kappa shape index (κ1) is 17.7. The minimum absolute atomic E-state index is 0.0567. The van der Waals surface area contributed by atoms with Gasteiger partial charge in [0.05, 0.1) is 24.1 Å². The lowest BCUT2D eigenvalue weighted by Crippen LogP contribution is -2.09. The first-order valence-corrected chi connectivity index (χ1v) is 7.80. The first-order chi connectivity index (χ1) is 12.4. The first-order valence-electron chi connectivity index (χ1n) is 7.80. The molecule has 0 atom stereocenters. The number of hydrogen-bond acceptors (Lipinski definition) is 4. The third-order valence-corrected chi connectivity index (χ3v) is 3.72. The van der Waals surface area contributed by atoms with E-state index >= 15 is 0 Å². The van der Waals surface area contributed by atoms with Gasteiger partial charge in [0, 0.05) is 11.6 Å². The van der Waals surface area contributed by atoms with Crippen molar-refractivity contribution in [3.05, 3.63) is 66.0 Å². The van der Waals surface area contributed by atoms with E-state index in [1.165, 1.54) is 18.2 Å². The highest BCUT2D eigenvalue weighted by atomic mass is 19.4. The highest BCUT2D eigenvalue weighted by Gasteiger charge is 2.33. The number of nitrogens with one attached hydrogen (secondary N) is 1. The van der Waals surface area contributed by atoms with E-state index in [0.29, 0.717) is 23.1 Å². The molecule has 0 radical (unpaired) electrons. The lowest BCUT2D eigenvalue weighted by molar-refractivity contribution is -0.136. The van der Waals surface area contributed by atoms with Crippen LogP contribution in [-0.4, -0.2) is 17.1 Å². The third kappa shape index (κ3) is 3.93. The molecule has 0 saturated heterocycles. The van der Waals surface area contributed by atoms with Gasteiger partial charge in [-0.15, -0.1) is 0 Å². The van der Waals surface area contributed by atoms with Crippen LogP contribution in [-0.2, 0) is 6.18 Å². The van der Waals surface area contributed by atoms with Gasteiger partial charge in [-0.05, 0) is 43.3 Å². The molecule has 0 aliphatic rings. The number of benzene rings is 2. The van der Waals surface area contributed by atoms with E-state index in [1.54, 1.807) is 32.2 Å². The second kappa shape index (κ2) is 7.03. The Morgan fingerprint density at radius 3 is 2.31 bits per heavy atom. The van der Waals surface area contributed by atoms with Crippen LogP contribution in [0.25, 0.3) is 11.3 Å². The summed E-state index contributed by atoms with van der Waals surface area (Å²) in [5.74, 6) is 1.45. The molecule has 134 valence electrons. The molecular formula is C19H16F3N3O. The minimum Gasteiger partial charge on any atom is -0.497 e. The summed E-state index contributed by atoms with van der Waals surface area (Å²) in [6.45, 7) is 1.69. The summed E-state index contributed by atoms with van der Waals surface area (Å²) < 4.78 is 44.6. The van der Waals surface area contributed by atoms with E-state index in [0.717, 1.165) is 11.6 Å². The molecule has 4 nitrogen and oxygen atoms in total. The number of para-hydroxylation sites is 1. The molecule has 1 aromatic heterocycles. The van der Waals surface area contributed by atoms with Gasteiger partial charge in [-0.2, -0.15) is 13.2 Å². The molecule has 0 aliphatic carbocycles. The summed E-state index contributed by atoms with van der Waals surface area (Å²) in [5.41, 5.74) is 0.608. The molecule has 0 amide bonds. The van der Waals surface area contributed by atoms with Gasteiger partial charge in [-0.1, -0.05) is 12.1 Å². The van der Waals surface area contributed by atoms with Crippen LogP contribution < -0.4 is 10.1 Å². The molecule has 0 unspecified atom stereocenters. The Labute approximate surface area is 148 Å². The Morgan fingerprint density at radius 1 is 0.962 bits per heavy atom. The van der Waals surface area contributed by atoms with Crippen molar-refractivity contribution in [2.75, 3.05) is 12.4 Å². The topological polar surface area (TPSA) is 47.0 Å². The van der Waals surface area contributed by atoms with Crippen LogP contribution in [0.4, 0.5) is 24.7 Å². The molecule has 1 N–H and O–H groups in total. The monoisotopic (exact) mass is 359 g/mol. The molecule has 7 heteroatoms. The predicted molar refractivity (Wildman–Crippen MR) is 93.5 cm³/mol. The van der Waals surface area contributed by atoms with Gasteiger partial charge in [0.2, 0.25) is 0 Å². The maximum absolute atomic E-state index is 13.2. The van der Waals surface area contributed by atoms with Gasteiger partial charge in [0.15, 0.2) is 0 Å². The average Bonchev–Trinajstić information content (AvgIpc) is 2.61. The molecule has 0 bridgehead atoms. The van der Waals surface area contributed by atoms with Gasteiger partial charge < -0.3 is 10.1 Å². The third-order valence-electron chi connectivity index (χ3n) is 3.72. The van der Waals surface area contributed by atoms with Crippen LogP contribution >= 0.6 is 0 Å². The number of rotatable bonds is 4. The Morgan fingerprint density at radius 2 is 1.65 bits per heavy atom. The second-order valence-corrected chi connectivity index (χ2v) is 5.58. The number of ether oxygens (including phenoxy) is 1. The molecule has 0 spiro atoms. The lowest BCUT2D eigenvalue weighted by Gasteiger charge is -2.14. The quantitative estimate of drug-likeness (QED) is 0.693. The number of methoxy groups -OCH3 is 1. The Balaban J connectivity index is 1.96. The van der Waals surface area contributed by atoms with Crippen LogP contribution in [0, 0.1) is 6.92 Å². The molecule has 0 fully saturated rings. The number of anilines is 2. The molecule has 0 saturated carbocycles. The number of halogens is 3. The number of hydrogen-bond donors (Lipinski definition) is 1. The predicted octanol–water partition coefficient (Wildman–Crippen LogP) is 5.22. The van der Waals surface area contributed by atoms with Crippen molar-refractivity contribution >= 4 is 11.5 Å². The standard InChI is InChI=1S/C19H16F3N3O/c1-12-23-17(13-7-9-14(26-2)10-8-13)11-18(24-12)25-16-6-4-3-5-15(16)19(20,21)22/h3-11H,1-2H3,(H,23,24,25). The Hall–Kier alpha value is -3.09. The fourth-order valence-electron chi connectivity index (χ4n) is 2.52. The van der Waals surface area contributed by atoms with Gasteiger partial charge in [0.1, 0.15) is 17.4 Å². The van der Waals surface area contributed by atoms with E-state index in [-0.39, 0.29) is 5.69 Å². The normalized spacial score (nSPS) is 11.3. The maximum atomic E-state index is 13.2. The van der Waals surface area contributed by atoms with Crippen LogP contribution in [0.15, 0.2) is 54.6 Å². The Bertz CT molecular complexity index is 909. The number of aryl methyl sites for hydroxylation is 1. The van der Waals surface area contributed by atoms with Crippen molar-refractivity contribution in [1.29, 1.82) is 0 Å². The highest BCUT2D eigenvalue weighted by molar-refractivity contribution is 5.67. The molecule has 0 aliphatic heterocycles. The van der Waals surface area contributed by atoms with E-state index in [1.807, 2.05) is 12.1 Å². The number of aromatic nitrogens is 2. The fourth-order valence-corrected chi connectivity index (χ4v) is 2.52. The largest absolute Gasteiger partial charge is 0.497 e. The summed E-state index contributed by atoms with van der Waals surface area (Å²) in [4.78, 5) is 8.56. The summed E-state index contributed by atoms with van der Waals surface area (Å²) in [6.07, 6.45) is -4.45. The minimum atomic E-state index is -4.45. The Kier molecular flexibility index (Phi) is 4.79. The zero-order valence-corrected chi connectivity index (χ0v) is 14.1.